The predicted molar refractivity (Wildman–Crippen MR) is 119 cm³/mol. The van der Waals surface area contributed by atoms with E-state index in [9.17, 15) is 4.79 Å². The third kappa shape index (κ3) is 4.88. The van der Waals surface area contributed by atoms with Crippen LogP contribution in [0.2, 0.25) is 0 Å². The molecule has 1 saturated carbocycles. The molecule has 1 saturated heterocycles. The van der Waals surface area contributed by atoms with Crippen molar-refractivity contribution in [2.75, 3.05) is 36.4 Å². The van der Waals surface area contributed by atoms with Crippen molar-refractivity contribution in [1.82, 2.24) is 24.5 Å². The number of piperazine rings is 1. The summed E-state index contributed by atoms with van der Waals surface area (Å²) in [6.07, 6.45) is 8.04. The van der Waals surface area contributed by atoms with Gasteiger partial charge in [0.25, 0.3) is 5.91 Å². The summed E-state index contributed by atoms with van der Waals surface area (Å²) in [7, 11) is 0. The van der Waals surface area contributed by atoms with Gasteiger partial charge in [-0.15, -0.1) is 5.10 Å². The minimum Gasteiger partial charge on any atom is -0.353 e. The summed E-state index contributed by atoms with van der Waals surface area (Å²) >= 11 is 1.21. The average molecular weight is 430 g/mol. The Balaban J connectivity index is 1.38. The van der Waals surface area contributed by atoms with E-state index in [0.717, 1.165) is 49.1 Å². The molecule has 1 amide bonds. The molecule has 2 aromatic heterocycles. The molecule has 8 nitrogen and oxygen atoms in total. The van der Waals surface area contributed by atoms with Crippen molar-refractivity contribution in [1.29, 1.82) is 0 Å². The summed E-state index contributed by atoms with van der Waals surface area (Å²) in [6, 6.07) is 2.52. The van der Waals surface area contributed by atoms with Crippen LogP contribution >= 0.6 is 11.5 Å². The van der Waals surface area contributed by atoms with E-state index in [2.05, 4.69) is 31.7 Å². The van der Waals surface area contributed by atoms with Crippen LogP contribution in [0.15, 0.2) is 6.07 Å². The molecule has 1 N–H and O–H groups in total. The van der Waals surface area contributed by atoms with Crippen molar-refractivity contribution in [2.24, 2.45) is 0 Å². The van der Waals surface area contributed by atoms with Crippen LogP contribution in [0.4, 0.5) is 11.8 Å². The fourth-order valence-electron chi connectivity index (χ4n) is 4.26. The van der Waals surface area contributed by atoms with E-state index in [4.69, 9.17) is 4.98 Å². The van der Waals surface area contributed by atoms with Crippen molar-refractivity contribution in [3.05, 3.63) is 22.3 Å². The first kappa shape index (κ1) is 21.0. The summed E-state index contributed by atoms with van der Waals surface area (Å²) in [5.41, 5.74) is 1.80. The number of aryl methyl sites for hydroxylation is 2. The molecule has 0 bridgehead atoms. The molecule has 0 radical (unpaired) electrons. The zero-order valence-corrected chi connectivity index (χ0v) is 18.7. The van der Waals surface area contributed by atoms with Crippen LogP contribution in [0.1, 0.15) is 66.5 Å². The van der Waals surface area contributed by atoms with Crippen LogP contribution in [-0.4, -0.2) is 62.6 Å². The second kappa shape index (κ2) is 9.68. The maximum atomic E-state index is 12.9. The maximum Gasteiger partial charge on any atom is 0.267 e. The molecule has 4 rings (SSSR count). The SMILES string of the molecule is CCCc1nnsc1C(=O)N1CCN(c2cc(C)nc(NC3CCCCC3)n2)CC1. The van der Waals surface area contributed by atoms with Gasteiger partial charge in [0.05, 0.1) is 5.69 Å². The van der Waals surface area contributed by atoms with Crippen molar-refractivity contribution in [2.45, 2.75) is 64.8 Å². The van der Waals surface area contributed by atoms with Crippen LogP contribution < -0.4 is 10.2 Å². The second-order valence-corrected chi connectivity index (χ2v) is 9.00. The second-order valence-electron chi connectivity index (χ2n) is 8.25. The largest absolute Gasteiger partial charge is 0.353 e. The highest BCUT2D eigenvalue weighted by molar-refractivity contribution is 7.08. The van der Waals surface area contributed by atoms with E-state index in [-0.39, 0.29) is 5.91 Å². The standard InChI is InChI=1S/C21H31N7OS/c1-3-7-17-19(30-26-25-17)20(29)28-12-10-27(11-13-28)18-14-15(2)22-21(24-18)23-16-8-5-4-6-9-16/h14,16H,3-13H2,1-2H3,(H,22,23,24). The fraction of sp³-hybridized carbons (Fsp3) is 0.667. The maximum absolute atomic E-state index is 12.9. The van der Waals surface area contributed by atoms with Gasteiger partial charge in [0.15, 0.2) is 0 Å². The molecule has 162 valence electrons. The number of anilines is 2. The van der Waals surface area contributed by atoms with E-state index >= 15 is 0 Å². The highest BCUT2D eigenvalue weighted by Crippen LogP contribution is 2.23. The molecule has 3 heterocycles. The summed E-state index contributed by atoms with van der Waals surface area (Å²) < 4.78 is 4.00. The number of nitrogens with zero attached hydrogens (tertiary/aromatic N) is 6. The molecule has 2 aromatic rings. The van der Waals surface area contributed by atoms with Gasteiger partial charge in [-0.3, -0.25) is 4.79 Å². The molecule has 30 heavy (non-hydrogen) atoms. The lowest BCUT2D eigenvalue weighted by atomic mass is 9.96. The highest BCUT2D eigenvalue weighted by Gasteiger charge is 2.27. The number of rotatable bonds is 6. The van der Waals surface area contributed by atoms with Gasteiger partial charge in [0, 0.05) is 44.0 Å². The lowest BCUT2D eigenvalue weighted by Gasteiger charge is -2.35. The Morgan fingerprint density at radius 1 is 1.17 bits per heavy atom. The van der Waals surface area contributed by atoms with E-state index in [1.807, 2.05) is 17.9 Å². The Bertz CT molecular complexity index is 857. The number of amides is 1. The van der Waals surface area contributed by atoms with Gasteiger partial charge in [-0.25, -0.2) is 4.98 Å². The topological polar surface area (TPSA) is 87.1 Å². The minimum absolute atomic E-state index is 0.0617. The first-order valence-electron chi connectivity index (χ1n) is 11.1. The number of carbonyl (C=O) groups excluding carboxylic acids is 1. The minimum atomic E-state index is 0.0617. The van der Waals surface area contributed by atoms with Gasteiger partial charge in [0.2, 0.25) is 5.95 Å². The van der Waals surface area contributed by atoms with Crippen molar-refractivity contribution < 1.29 is 4.79 Å². The number of nitrogens with one attached hydrogen (secondary N) is 1. The predicted octanol–water partition coefficient (Wildman–Crippen LogP) is 3.30. The Labute approximate surface area is 182 Å². The molecule has 1 aliphatic carbocycles. The lowest BCUT2D eigenvalue weighted by Crippen LogP contribution is -2.49. The summed E-state index contributed by atoms with van der Waals surface area (Å²) in [6.45, 7) is 6.99. The van der Waals surface area contributed by atoms with Crippen LogP contribution in [-0.2, 0) is 6.42 Å². The van der Waals surface area contributed by atoms with Crippen LogP contribution in [0.25, 0.3) is 0 Å². The highest BCUT2D eigenvalue weighted by atomic mass is 32.1. The first-order valence-corrected chi connectivity index (χ1v) is 11.9. The Morgan fingerprint density at radius 2 is 1.93 bits per heavy atom. The fourth-order valence-corrected chi connectivity index (χ4v) is 4.94. The molecular weight excluding hydrogens is 398 g/mol. The van der Waals surface area contributed by atoms with E-state index in [1.54, 1.807) is 0 Å². The molecule has 0 atom stereocenters. The summed E-state index contributed by atoms with van der Waals surface area (Å²) in [4.78, 5) is 27.2. The Hall–Kier alpha value is -2.29. The van der Waals surface area contributed by atoms with Gasteiger partial charge >= 0.3 is 0 Å². The molecule has 2 aliphatic rings. The average Bonchev–Trinajstić information content (AvgIpc) is 3.22. The number of hydrogen-bond acceptors (Lipinski definition) is 8. The van der Waals surface area contributed by atoms with Gasteiger partial charge in [-0.05, 0) is 37.7 Å². The van der Waals surface area contributed by atoms with Gasteiger partial charge < -0.3 is 15.1 Å². The van der Waals surface area contributed by atoms with Crippen molar-refractivity contribution in [3.8, 4) is 0 Å². The molecule has 0 spiro atoms. The number of aromatic nitrogens is 4. The zero-order valence-electron chi connectivity index (χ0n) is 17.9. The molecule has 0 aromatic carbocycles. The normalized spacial score (nSPS) is 17.9. The molecule has 1 aliphatic heterocycles. The number of hydrogen-bond donors (Lipinski definition) is 1. The molecule has 9 heteroatoms. The Morgan fingerprint density at radius 3 is 2.67 bits per heavy atom. The third-order valence-electron chi connectivity index (χ3n) is 5.91. The summed E-state index contributed by atoms with van der Waals surface area (Å²) in [5, 5.41) is 7.68. The third-order valence-corrected chi connectivity index (χ3v) is 6.66. The molecule has 0 unspecified atom stereocenters. The van der Waals surface area contributed by atoms with Crippen LogP contribution in [0.5, 0.6) is 0 Å². The quantitative estimate of drug-likeness (QED) is 0.754. The zero-order chi connectivity index (χ0) is 20.9. The monoisotopic (exact) mass is 429 g/mol. The van der Waals surface area contributed by atoms with E-state index in [0.29, 0.717) is 24.0 Å². The van der Waals surface area contributed by atoms with E-state index in [1.165, 1.54) is 43.6 Å². The van der Waals surface area contributed by atoms with E-state index < -0.39 is 0 Å². The molecule has 2 fully saturated rings. The van der Waals surface area contributed by atoms with Gasteiger partial charge in [-0.2, -0.15) is 4.98 Å². The van der Waals surface area contributed by atoms with Gasteiger partial charge in [-0.1, -0.05) is 37.1 Å². The Kier molecular flexibility index (Phi) is 6.76. The van der Waals surface area contributed by atoms with Crippen molar-refractivity contribution in [3.63, 3.8) is 0 Å². The summed E-state index contributed by atoms with van der Waals surface area (Å²) in [5.74, 6) is 1.74. The van der Waals surface area contributed by atoms with Gasteiger partial charge in [0.1, 0.15) is 10.7 Å². The number of carbonyl (C=O) groups is 1. The molecular formula is C21H31N7OS. The first-order chi connectivity index (χ1) is 14.6. The smallest absolute Gasteiger partial charge is 0.267 e. The van der Waals surface area contributed by atoms with Crippen molar-refractivity contribution >= 4 is 29.2 Å². The van der Waals surface area contributed by atoms with Crippen LogP contribution in [0, 0.1) is 6.92 Å². The van der Waals surface area contributed by atoms with Crippen LogP contribution in [0.3, 0.4) is 0 Å². The lowest BCUT2D eigenvalue weighted by molar-refractivity contribution is 0.0750.